The lowest BCUT2D eigenvalue weighted by Gasteiger charge is -2.21. The van der Waals surface area contributed by atoms with Gasteiger partial charge in [0.05, 0.1) is 21.3 Å². The number of fused-ring (bicyclic) bond motifs is 3. The molecular weight excluding hydrogens is 276 g/mol. The summed E-state index contributed by atoms with van der Waals surface area (Å²) in [5.41, 5.74) is 5.08. The lowest BCUT2D eigenvalue weighted by atomic mass is 9.87. The van der Waals surface area contributed by atoms with E-state index in [2.05, 4.69) is 24.3 Å². The lowest BCUT2D eigenvalue weighted by Crippen LogP contribution is -2.03. The number of hydrogen-bond donors (Lipinski definition) is 0. The molecule has 0 N–H and O–H groups in total. The smallest absolute Gasteiger partial charge is 0.161 e. The molecule has 3 nitrogen and oxygen atoms in total. The fourth-order valence-corrected chi connectivity index (χ4v) is 3.26. The van der Waals surface area contributed by atoms with E-state index < -0.39 is 0 Å². The van der Waals surface area contributed by atoms with Crippen LogP contribution in [-0.4, -0.2) is 21.3 Å². The molecule has 0 aliphatic heterocycles. The molecule has 1 aliphatic carbocycles. The highest BCUT2D eigenvalue weighted by Gasteiger charge is 2.19. The van der Waals surface area contributed by atoms with E-state index in [4.69, 9.17) is 14.2 Å². The van der Waals surface area contributed by atoms with Crippen molar-refractivity contribution in [2.75, 3.05) is 21.3 Å². The zero-order chi connectivity index (χ0) is 15.5. The van der Waals surface area contributed by atoms with Crippen LogP contribution in [0.15, 0.2) is 30.3 Å². The average Bonchev–Trinajstić information content (AvgIpc) is 2.55. The quantitative estimate of drug-likeness (QED) is 0.847. The van der Waals surface area contributed by atoms with Gasteiger partial charge in [0.25, 0.3) is 0 Å². The zero-order valence-electron chi connectivity index (χ0n) is 13.4. The van der Waals surface area contributed by atoms with E-state index in [9.17, 15) is 0 Å². The number of rotatable bonds is 3. The first-order valence-corrected chi connectivity index (χ1v) is 7.69. The summed E-state index contributed by atoms with van der Waals surface area (Å²) in [7, 11) is 5.10. The molecule has 22 heavy (non-hydrogen) atoms. The molecule has 0 spiro atoms. The first-order valence-electron chi connectivity index (χ1n) is 7.69. The normalized spacial score (nSPS) is 13.4. The summed E-state index contributed by atoms with van der Waals surface area (Å²) >= 11 is 0. The van der Waals surface area contributed by atoms with Crippen LogP contribution in [0.2, 0.25) is 0 Å². The van der Waals surface area contributed by atoms with Gasteiger partial charge in [-0.05, 0) is 60.6 Å². The van der Waals surface area contributed by atoms with Gasteiger partial charge >= 0.3 is 0 Å². The van der Waals surface area contributed by atoms with Crippen LogP contribution < -0.4 is 14.2 Å². The minimum atomic E-state index is 0.774. The summed E-state index contributed by atoms with van der Waals surface area (Å²) in [6, 6.07) is 10.5. The summed E-state index contributed by atoms with van der Waals surface area (Å²) in [6.45, 7) is 0. The zero-order valence-corrected chi connectivity index (χ0v) is 13.4. The van der Waals surface area contributed by atoms with Gasteiger partial charge in [0.15, 0.2) is 11.5 Å². The minimum Gasteiger partial charge on any atom is -0.496 e. The first kappa shape index (κ1) is 14.8. The first-order chi connectivity index (χ1) is 10.8. The molecule has 0 heterocycles. The predicted molar refractivity (Wildman–Crippen MR) is 88.2 cm³/mol. The van der Waals surface area contributed by atoms with Gasteiger partial charge in [0.2, 0.25) is 0 Å². The lowest BCUT2D eigenvalue weighted by molar-refractivity contribution is 0.354. The van der Waals surface area contributed by atoms with E-state index in [0.717, 1.165) is 30.1 Å². The fourth-order valence-electron chi connectivity index (χ4n) is 3.26. The van der Waals surface area contributed by atoms with Gasteiger partial charge in [-0.3, -0.25) is 0 Å². The summed E-state index contributed by atoms with van der Waals surface area (Å²) in [4.78, 5) is 0. The van der Waals surface area contributed by atoms with Crippen molar-refractivity contribution in [3.8, 4) is 28.4 Å². The molecule has 0 aromatic heterocycles. The van der Waals surface area contributed by atoms with Crippen LogP contribution in [0.5, 0.6) is 17.2 Å². The van der Waals surface area contributed by atoms with Crippen LogP contribution in [0.4, 0.5) is 0 Å². The maximum Gasteiger partial charge on any atom is 0.161 e. The highest BCUT2D eigenvalue weighted by atomic mass is 16.5. The van der Waals surface area contributed by atoms with Crippen LogP contribution in [0.3, 0.4) is 0 Å². The maximum absolute atomic E-state index is 5.57. The van der Waals surface area contributed by atoms with E-state index in [-0.39, 0.29) is 0 Å². The summed E-state index contributed by atoms with van der Waals surface area (Å²) in [6.07, 6.45) is 4.45. The molecule has 3 heteroatoms. The molecule has 0 saturated carbocycles. The Morgan fingerprint density at radius 1 is 0.727 bits per heavy atom. The van der Waals surface area contributed by atoms with Crippen molar-refractivity contribution in [2.45, 2.75) is 25.7 Å². The topological polar surface area (TPSA) is 27.7 Å². The Morgan fingerprint density at radius 3 is 2.14 bits per heavy atom. The SMILES string of the molecule is COc1cc2c(cc1OC)-c1cccc(OC)c1CCCC2. The van der Waals surface area contributed by atoms with Crippen LogP contribution in [-0.2, 0) is 12.8 Å². The Bertz CT molecular complexity index is 677. The van der Waals surface area contributed by atoms with E-state index in [1.54, 1.807) is 21.3 Å². The second-order valence-corrected chi connectivity index (χ2v) is 5.56. The Balaban J connectivity index is 2.24. The summed E-state index contributed by atoms with van der Waals surface area (Å²) in [5.74, 6) is 2.54. The van der Waals surface area contributed by atoms with Crippen molar-refractivity contribution in [3.63, 3.8) is 0 Å². The predicted octanol–water partition coefficient (Wildman–Crippen LogP) is 4.26. The molecule has 116 valence electrons. The molecule has 2 aromatic carbocycles. The third-order valence-corrected chi connectivity index (χ3v) is 4.38. The molecule has 3 rings (SSSR count). The summed E-state index contributed by atoms with van der Waals surface area (Å²) < 4.78 is 16.5. The van der Waals surface area contributed by atoms with Gasteiger partial charge in [-0.2, -0.15) is 0 Å². The van der Waals surface area contributed by atoms with Crippen LogP contribution >= 0.6 is 0 Å². The van der Waals surface area contributed by atoms with Crippen LogP contribution in [0.25, 0.3) is 11.1 Å². The van der Waals surface area contributed by atoms with Gasteiger partial charge < -0.3 is 14.2 Å². The Labute approximate surface area is 131 Å². The van der Waals surface area contributed by atoms with Crippen LogP contribution in [0, 0.1) is 0 Å². The Hall–Kier alpha value is -2.16. The third-order valence-electron chi connectivity index (χ3n) is 4.38. The highest BCUT2D eigenvalue weighted by Crippen LogP contribution is 2.41. The maximum atomic E-state index is 5.57. The van der Waals surface area contributed by atoms with Crippen molar-refractivity contribution in [2.24, 2.45) is 0 Å². The molecule has 0 amide bonds. The standard InChI is InChI=1S/C19H22O3/c1-20-17-10-6-9-14-15(17)8-5-4-7-13-11-18(21-2)19(22-3)12-16(13)14/h6,9-12H,4-5,7-8H2,1-3H3. The van der Waals surface area contributed by atoms with Crippen molar-refractivity contribution < 1.29 is 14.2 Å². The van der Waals surface area contributed by atoms with Crippen LogP contribution in [0.1, 0.15) is 24.0 Å². The number of hydrogen-bond acceptors (Lipinski definition) is 3. The van der Waals surface area contributed by atoms with E-state index in [0.29, 0.717) is 0 Å². The highest BCUT2D eigenvalue weighted by molar-refractivity contribution is 5.76. The molecule has 0 unspecified atom stereocenters. The third kappa shape index (κ3) is 2.52. The van der Waals surface area contributed by atoms with E-state index in [1.807, 2.05) is 6.07 Å². The van der Waals surface area contributed by atoms with Crippen molar-refractivity contribution in [3.05, 3.63) is 41.5 Å². The Kier molecular flexibility index (Phi) is 4.23. The molecular formula is C19H22O3. The molecule has 1 aliphatic rings. The molecule has 0 saturated heterocycles. The molecule has 0 radical (unpaired) electrons. The van der Waals surface area contributed by atoms with Gasteiger partial charge in [-0.15, -0.1) is 0 Å². The van der Waals surface area contributed by atoms with Gasteiger partial charge in [0, 0.05) is 5.56 Å². The minimum absolute atomic E-state index is 0.774. The second-order valence-electron chi connectivity index (χ2n) is 5.56. The average molecular weight is 298 g/mol. The number of aryl methyl sites for hydroxylation is 1. The molecule has 0 bridgehead atoms. The monoisotopic (exact) mass is 298 g/mol. The molecule has 0 fully saturated rings. The summed E-state index contributed by atoms with van der Waals surface area (Å²) in [5, 5.41) is 0. The van der Waals surface area contributed by atoms with Gasteiger partial charge in [-0.25, -0.2) is 0 Å². The Morgan fingerprint density at radius 2 is 1.41 bits per heavy atom. The molecule has 0 atom stereocenters. The van der Waals surface area contributed by atoms with E-state index >= 15 is 0 Å². The van der Waals surface area contributed by atoms with Crippen molar-refractivity contribution >= 4 is 0 Å². The molecule has 2 aromatic rings. The van der Waals surface area contributed by atoms with Crippen molar-refractivity contribution in [1.29, 1.82) is 0 Å². The number of ether oxygens (including phenoxy) is 3. The largest absolute Gasteiger partial charge is 0.496 e. The second kappa shape index (κ2) is 6.30. The number of methoxy groups -OCH3 is 3. The van der Waals surface area contributed by atoms with Gasteiger partial charge in [-0.1, -0.05) is 12.1 Å². The van der Waals surface area contributed by atoms with Gasteiger partial charge in [0.1, 0.15) is 5.75 Å². The van der Waals surface area contributed by atoms with E-state index in [1.165, 1.54) is 35.1 Å². The van der Waals surface area contributed by atoms with Crippen molar-refractivity contribution in [1.82, 2.24) is 0 Å². The fraction of sp³-hybridized carbons (Fsp3) is 0.368. The number of benzene rings is 2.